The van der Waals surface area contributed by atoms with Gasteiger partial charge in [0.15, 0.2) is 0 Å². The summed E-state index contributed by atoms with van der Waals surface area (Å²) < 4.78 is 5.19. The molecule has 3 rings (SSSR count). The van der Waals surface area contributed by atoms with Gasteiger partial charge in [0.2, 0.25) is 0 Å². The number of halogens is 1. The van der Waals surface area contributed by atoms with Crippen LogP contribution in [0, 0.1) is 0 Å². The number of carbonyl (C=O) groups excluding carboxylic acids is 1. The van der Waals surface area contributed by atoms with Gasteiger partial charge in [-0.2, -0.15) is 0 Å². The third-order valence-corrected chi connectivity index (χ3v) is 4.76. The molecule has 2 aliphatic heterocycles. The monoisotopic (exact) mass is 302 g/mol. The Morgan fingerprint density at radius 3 is 2.74 bits per heavy atom. The van der Waals surface area contributed by atoms with Crippen LogP contribution in [0.5, 0.6) is 5.75 Å². The molecule has 3 heterocycles. The fourth-order valence-electron chi connectivity index (χ4n) is 3.05. The van der Waals surface area contributed by atoms with Gasteiger partial charge in [0.05, 0.1) is 7.11 Å². The summed E-state index contributed by atoms with van der Waals surface area (Å²) in [5.41, 5.74) is 0. The lowest BCUT2D eigenvalue weighted by Crippen LogP contribution is -2.47. The van der Waals surface area contributed by atoms with Gasteiger partial charge in [-0.3, -0.25) is 4.79 Å². The van der Waals surface area contributed by atoms with Crippen molar-refractivity contribution in [1.82, 2.24) is 10.6 Å². The van der Waals surface area contributed by atoms with Crippen molar-refractivity contribution in [2.75, 3.05) is 7.11 Å². The lowest BCUT2D eigenvalue weighted by molar-refractivity contribution is 0.0925. The molecule has 0 radical (unpaired) electrons. The number of carbonyl (C=O) groups is 1. The molecule has 106 valence electrons. The average Bonchev–Trinajstić information content (AvgIpc) is 2.95. The Bertz CT molecular complexity index is 440. The second kappa shape index (κ2) is 6.11. The van der Waals surface area contributed by atoms with E-state index in [-0.39, 0.29) is 18.3 Å². The smallest absolute Gasteiger partial charge is 0.265 e. The normalized spacial score (nSPS) is 28.6. The number of amides is 1. The van der Waals surface area contributed by atoms with Gasteiger partial charge >= 0.3 is 0 Å². The van der Waals surface area contributed by atoms with Gasteiger partial charge in [-0.05, 0) is 37.1 Å². The van der Waals surface area contributed by atoms with E-state index in [0.717, 1.165) is 12.8 Å². The molecule has 6 heteroatoms. The molecule has 4 nitrogen and oxygen atoms in total. The second-order valence-corrected chi connectivity index (χ2v) is 6.01. The third kappa shape index (κ3) is 3.04. The molecule has 1 aromatic heterocycles. The Kier molecular flexibility index (Phi) is 4.71. The molecule has 2 saturated heterocycles. The van der Waals surface area contributed by atoms with Crippen molar-refractivity contribution in [1.29, 1.82) is 0 Å². The first kappa shape index (κ1) is 14.6. The topological polar surface area (TPSA) is 50.4 Å². The lowest BCUT2D eigenvalue weighted by Gasteiger charge is -2.29. The van der Waals surface area contributed by atoms with Gasteiger partial charge in [-0.1, -0.05) is 0 Å². The lowest BCUT2D eigenvalue weighted by atomic mass is 10.00. The summed E-state index contributed by atoms with van der Waals surface area (Å²) in [6, 6.07) is 3.34. The molecule has 0 saturated carbocycles. The molecular weight excluding hydrogens is 284 g/mol. The van der Waals surface area contributed by atoms with Crippen molar-refractivity contribution in [2.24, 2.45) is 0 Å². The standard InChI is InChI=1S/C13H18N2O2S.ClH/c1-17-11-4-5-18-12(11)13(16)15-10-6-8-2-3-9(7-10)14-8;/h4-5,8-10,14H,2-3,6-7H2,1H3,(H,15,16);1H. The number of nitrogens with one attached hydrogen (secondary N) is 2. The SMILES string of the molecule is COc1ccsc1C(=O)NC1CC2CCC(C1)N2.Cl. The molecule has 0 spiro atoms. The third-order valence-electron chi connectivity index (χ3n) is 3.86. The predicted molar refractivity (Wildman–Crippen MR) is 78.6 cm³/mol. The van der Waals surface area contributed by atoms with Gasteiger partial charge in [0, 0.05) is 18.1 Å². The maximum atomic E-state index is 12.2. The highest BCUT2D eigenvalue weighted by Gasteiger charge is 2.34. The Labute approximate surface area is 123 Å². The van der Waals surface area contributed by atoms with Gasteiger partial charge in [-0.15, -0.1) is 23.7 Å². The first-order chi connectivity index (χ1) is 8.76. The molecule has 2 bridgehead atoms. The molecule has 1 aromatic rings. The van der Waals surface area contributed by atoms with E-state index < -0.39 is 0 Å². The summed E-state index contributed by atoms with van der Waals surface area (Å²) in [5.74, 6) is 0.683. The summed E-state index contributed by atoms with van der Waals surface area (Å²) in [5, 5.41) is 8.61. The summed E-state index contributed by atoms with van der Waals surface area (Å²) in [7, 11) is 1.60. The molecule has 2 fully saturated rings. The van der Waals surface area contributed by atoms with Crippen LogP contribution in [0.2, 0.25) is 0 Å². The second-order valence-electron chi connectivity index (χ2n) is 5.10. The van der Waals surface area contributed by atoms with E-state index in [9.17, 15) is 4.79 Å². The summed E-state index contributed by atoms with van der Waals surface area (Å²) in [4.78, 5) is 12.9. The first-order valence-corrected chi connectivity index (χ1v) is 7.32. The van der Waals surface area contributed by atoms with E-state index in [1.165, 1.54) is 24.2 Å². The van der Waals surface area contributed by atoms with Crippen LogP contribution in [-0.2, 0) is 0 Å². The maximum Gasteiger partial charge on any atom is 0.265 e. The quantitative estimate of drug-likeness (QED) is 0.900. The number of methoxy groups -OCH3 is 1. The summed E-state index contributed by atoms with van der Waals surface area (Å²) in [6.45, 7) is 0. The zero-order valence-corrected chi connectivity index (χ0v) is 12.5. The van der Waals surface area contributed by atoms with Crippen LogP contribution in [0.15, 0.2) is 11.4 Å². The number of hydrogen-bond acceptors (Lipinski definition) is 4. The van der Waals surface area contributed by atoms with E-state index in [2.05, 4.69) is 10.6 Å². The predicted octanol–water partition coefficient (Wildman–Crippen LogP) is 2.19. The van der Waals surface area contributed by atoms with Crippen molar-refractivity contribution in [3.8, 4) is 5.75 Å². The average molecular weight is 303 g/mol. The van der Waals surface area contributed by atoms with Crippen LogP contribution < -0.4 is 15.4 Å². The highest BCUT2D eigenvalue weighted by Crippen LogP contribution is 2.28. The fraction of sp³-hybridized carbons (Fsp3) is 0.615. The summed E-state index contributed by atoms with van der Waals surface area (Å²) >= 11 is 1.44. The Hall–Kier alpha value is -0.780. The minimum Gasteiger partial charge on any atom is -0.495 e. The van der Waals surface area contributed by atoms with Crippen LogP contribution in [0.1, 0.15) is 35.4 Å². The molecule has 19 heavy (non-hydrogen) atoms. The van der Waals surface area contributed by atoms with Crippen molar-refractivity contribution in [3.63, 3.8) is 0 Å². The largest absolute Gasteiger partial charge is 0.495 e. The van der Waals surface area contributed by atoms with Gasteiger partial charge in [0.25, 0.3) is 5.91 Å². The van der Waals surface area contributed by atoms with Gasteiger partial charge in [0.1, 0.15) is 10.6 Å². The van der Waals surface area contributed by atoms with Crippen molar-refractivity contribution in [2.45, 2.75) is 43.8 Å². The van der Waals surface area contributed by atoms with E-state index >= 15 is 0 Å². The Morgan fingerprint density at radius 2 is 2.11 bits per heavy atom. The molecule has 0 aliphatic carbocycles. The number of rotatable bonds is 3. The van der Waals surface area contributed by atoms with E-state index in [0.29, 0.717) is 28.8 Å². The highest BCUT2D eigenvalue weighted by molar-refractivity contribution is 7.12. The van der Waals surface area contributed by atoms with E-state index in [4.69, 9.17) is 4.74 Å². The molecule has 2 atom stereocenters. The zero-order valence-electron chi connectivity index (χ0n) is 10.8. The van der Waals surface area contributed by atoms with Crippen LogP contribution in [-0.4, -0.2) is 31.1 Å². The molecule has 1 amide bonds. The molecule has 2 N–H and O–H groups in total. The van der Waals surface area contributed by atoms with Gasteiger partial charge in [-0.25, -0.2) is 0 Å². The molecule has 2 unspecified atom stereocenters. The van der Waals surface area contributed by atoms with Crippen LogP contribution in [0.25, 0.3) is 0 Å². The Morgan fingerprint density at radius 1 is 1.42 bits per heavy atom. The minimum absolute atomic E-state index is 0. The van der Waals surface area contributed by atoms with Crippen LogP contribution in [0.3, 0.4) is 0 Å². The number of piperidine rings is 1. The van der Waals surface area contributed by atoms with Crippen LogP contribution >= 0.6 is 23.7 Å². The first-order valence-electron chi connectivity index (χ1n) is 6.44. The van der Waals surface area contributed by atoms with Crippen molar-refractivity contribution < 1.29 is 9.53 Å². The van der Waals surface area contributed by atoms with Crippen molar-refractivity contribution in [3.05, 3.63) is 16.3 Å². The Balaban J connectivity index is 0.00000133. The minimum atomic E-state index is 0. The number of thiophene rings is 1. The number of fused-ring (bicyclic) bond motifs is 2. The van der Waals surface area contributed by atoms with Crippen LogP contribution in [0.4, 0.5) is 0 Å². The van der Waals surface area contributed by atoms with Gasteiger partial charge < -0.3 is 15.4 Å². The zero-order chi connectivity index (χ0) is 12.5. The molecule has 0 aromatic carbocycles. The maximum absolute atomic E-state index is 12.2. The summed E-state index contributed by atoms with van der Waals surface area (Å²) in [6.07, 6.45) is 4.60. The highest BCUT2D eigenvalue weighted by atomic mass is 35.5. The molecule has 2 aliphatic rings. The van der Waals surface area contributed by atoms with E-state index in [1.807, 2.05) is 11.4 Å². The van der Waals surface area contributed by atoms with E-state index in [1.54, 1.807) is 7.11 Å². The number of hydrogen-bond donors (Lipinski definition) is 2. The fourth-order valence-corrected chi connectivity index (χ4v) is 3.81. The number of ether oxygens (including phenoxy) is 1. The van der Waals surface area contributed by atoms with Crippen molar-refractivity contribution >= 4 is 29.7 Å². The molecular formula is C13H19ClN2O2S.